The summed E-state index contributed by atoms with van der Waals surface area (Å²) in [4.78, 5) is 0. The fourth-order valence-electron chi connectivity index (χ4n) is 1.50. The molecule has 0 spiro atoms. The van der Waals surface area contributed by atoms with Gasteiger partial charge < -0.3 is 4.74 Å². The molecule has 0 atom stereocenters. The Hall–Kier alpha value is -1.57. The molecule has 8 heteroatoms. The summed E-state index contributed by atoms with van der Waals surface area (Å²) in [6.45, 7) is 0.468. The van der Waals surface area contributed by atoms with Gasteiger partial charge in [0.05, 0.1) is 6.20 Å². The van der Waals surface area contributed by atoms with Gasteiger partial charge in [-0.1, -0.05) is 11.6 Å². The van der Waals surface area contributed by atoms with Crippen molar-refractivity contribution in [3.63, 3.8) is 0 Å². The van der Waals surface area contributed by atoms with Crippen molar-refractivity contribution in [1.82, 2.24) is 14.5 Å². The predicted octanol–water partition coefficient (Wildman–Crippen LogP) is 1.76. The summed E-state index contributed by atoms with van der Waals surface area (Å²) in [5.41, 5.74) is 0. The fraction of sp³-hybridized carbons (Fsp3) is 0.250. The highest BCUT2D eigenvalue weighted by Crippen LogP contribution is 2.16. The molecule has 20 heavy (non-hydrogen) atoms. The average Bonchev–Trinajstić information content (AvgIpc) is 2.95. The number of hydrogen-bond acceptors (Lipinski definition) is 4. The third-order valence-electron chi connectivity index (χ3n) is 2.65. The lowest BCUT2D eigenvalue weighted by Gasteiger charge is -2.16. The van der Waals surface area contributed by atoms with Crippen molar-refractivity contribution in [3.05, 3.63) is 41.6 Å². The number of aromatic amines is 1. The zero-order chi connectivity index (χ0) is 14.6. The Labute approximate surface area is 122 Å². The highest BCUT2D eigenvalue weighted by molar-refractivity contribution is 7.89. The lowest BCUT2D eigenvalue weighted by molar-refractivity contribution is 0.286. The molecule has 0 fully saturated rings. The van der Waals surface area contributed by atoms with Crippen LogP contribution in [0.25, 0.3) is 0 Å². The quantitative estimate of drug-likeness (QED) is 0.881. The third-order valence-corrected chi connectivity index (χ3v) is 4.69. The predicted molar refractivity (Wildman–Crippen MR) is 75.4 cm³/mol. The number of halogens is 1. The van der Waals surface area contributed by atoms with Crippen LogP contribution < -0.4 is 4.74 Å². The van der Waals surface area contributed by atoms with Crippen molar-refractivity contribution in [2.75, 3.05) is 20.2 Å². The van der Waals surface area contributed by atoms with Crippen LogP contribution in [0.15, 0.2) is 41.6 Å². The molecule has 2 aromatic rings. The summed E-state index contributed by atoms with van der Waals surface area (Å²) in [6.07, 6.45) is 1.39. The number of ether oxygens (including phenoxy) is 1. The van der Waals surface area contributed by atoms with Crippen LogP contribution in [0.3, 0.4) is 0 Å². The van der Waals surface area contributed by atoms with Crippen molar-refractivity contribution in [3.8, 4) is 5.75 Å². The Balaban J connectivity index is 1.89. The first-order valence-corrected chi connectivity index (χ1v) is 7.66. The zero-order valence-electron chi connectivity index (χ0n) is 10.8. The van der Waals surface area contributed by atoms with E-state index in [0.717, 1.165) is 0 Å². The van der Waals surface area contributed by atoms with Crippen molar-refractivity contribution in [2.24, 2.45) is 0 Å². The lowest BCUT2D eigenvalue weighted by Crippen LogP contribution is -2.31. The number of benzene rings is 1. The minimum absolute atomic E-state index is 0.0616. The van der Waals surface area contributed by atoms with Gasteiger partial charge in [-0.15, -0.1) is 0 Å². The van der Waals surface area contributed by atoms with Crippen LogP contribution in [0.5, 0.6) is 5.75 Å². The standard InChI is InChI=1S/C12H14ClN3O3S/c1-16(20(17,18)12-6-7-14-15-12)8-9-19-11-4-2-10(13)3-5-11/h2-7H,8-9H2,1H3,(H,14,15). The smallest absolute Gasteiger partial charge is 0.259 e. The van der Waals surface area contributed by atoms with Crippen LogP contribution in [-0.4, -0.2) is 43.1 Å². The van der Waals surface area contributed by atoms with E-state index < -0.39 is 10.0 Å². The zero-order valence-corrected chi connectivity index (χ0v) is 12.4. The fourth-order valence-corrected chi connectivity index (χ4v) is 2.68. The van der Waals surface area contributed by atoms with E-state index in [2.05, 4.69) is 10.2 Å². The Bertz CT molecular complexity index is 641. The van der Waals surface area contributed by atoms with Gasteiger partial charge in [0.15, 0.2) is 5.03 Å². The van der Waals surface area contributed by atoms with E-state index in [1.54, 1.807) is 24.3 Å². The van der Waals surface area contributed by atoms with Crippen molar-refractivity contribution < 1.29 is 13.2 Å². The van der Waals surface area contributed by atoms with E-state index in [4.69, 9.17) is 16.3 Å². The van der Waals surface area contributed by atoms with Crippen LogP contribution in [0, 0.1) is 0 Å². The SMILES string of the molecule is CN(CCOc1ccc(Cl)cc1)S(=O)(=O)c1ccn[nH]1. The summed E-state index contributed by atoms with van der Waals surface area (Å²) in [6, 6.07) is 8.28. The van der Waals surface area contributed by atoms with Gasteiger partial charge in [-0.25, -0.2) is 8.42 Å². The number of hydrogen-bond donors (Lipinski definition) is 1. The van der Waals surface area contributed by atoms with E-state index in [-0.39, 0.29) is 18.2 Å². The first kappa shape index (κ1) is 14.8. The number of nitrogens with one attached hydrogen (secondary N) is 1. The van der Waals surface area contributed by atoms with Crippen LogP contribution >= 0.6 is 11.6 Å². The van der Waals surface area contributed by atoms with Crippen molar-refractivity contribution in [2.45, 2.75) is 5.03 Å². The number of sulfonamides is 1. The molecular formula is C12H14ClN3O3S. The number of aromatic nitrogens is 2. The maximum absolute atomic E-state index is 12.1. The van der Waals surface area contributed by atoms with Crippen molar-refractivity contribution >= 4 is 21.6 Å². The van der Waals surface area contributed by atoms with Crippen LogP contribution in [0.4, 0.5) is 0 Å². The van der Waals surface area contributed by atoms with Gasteiger partial charge >= 0.3 is 0 Å². The van der Waals surface area contributed by atoms with E-state index in [1.807, 2.05) is 0 Å². The van der Waals surface area contributed by atoms with E-state index in [9.17, 15) is 8.42 Å². The first-order chi connectivity index (χ1) is 9.50. The van der Waals surface area contributed by atoms with Crippen LogP contribution in [-0.2, 0) is 10.0 Å². The highest BCUT2D eigenvalue weighted by atomic mass is 35.5. The molecule has 108 valence electrons. The van der Waals surface area contributed by atoms with Gasteiger partial charge in [-0.05, 0) is 30.3 Å². The molecular weight excluding hydrogens is 302 g/mol. The molecule has 0 unspecified atom stereocenters. The summed E-state index contributed by atoms with van der Waals surface area (Å²) < 4.78 is 30.8. The molecule has 0 saturated carbocycles. The topological polar surface area (TPSA) is 75.3 Å². The molecule has 0 saturated heterocycles. The Morgan fingerprint density at radius 3 is 2.60 bits per heavy atom. The second-order valence-corrected chi connectivity index (χ2v) is 6.50. The lowest BCUT2D eigenvalue weighted by atomic mass is 10.3. The Morgan fingerprint density at radius 2 is 2.00 bits per heavy atom. The summed E-state index contributed by atoms with van der Waals surface area (Å²) in [5.74, 6) is 0.640. The molecule has 0 bridgehead atoms. The van der Waals surface area contributed by atoms with Gasteiger partial charge in [0.2, 0.25) is 0 Å². The minimum Gasteiger partial charge on any atom is -0.492 e. The Kier molecular flexibility index (Phi) is 4.64. The van der Waals surface area contributed by atoms with Gasteiger partial charge in [0, 0.05) is 18.6 Å². The van der Waals surface area contributed by atoms with E-state index in [0.29, 0.717) is 10.8 Å². The van der Waals surface area contributed by atoms with Gasteiger partial charge in [0.1, 0.15) is 12.4 Å². The first-order valence-electron chi connectivity index (χ1n) is 5.84. The summed E-state index contributed by atoms with van der Waals surface area (Å²) in [7, 11) is -2.06. The maximum atomic E-state index is 12.1. The molecule has 0 amide bonds. The molecule has 6 nitrogen and oxygen atoms in total. The van der Waals surface area contributed by atoms with Gasteiger partial charge in [-0.2, -0.15) is 9.40 Å². The number of nitrogens with zero attached hydrogens (tertiary/aromatic N) is 2. The number of H-pyrrole nitrogens is 1. The number of likely N-dealkylation sites (N-methyl/N-ethyl adjacent to an activating group) is 1. The average molecular weight is 316 g/mol. The second-order valence-electron chi connectivity index (χ2n) is 4.05. The molecule has 2 rings (SSSR count). The van der Waals surface area contributed by atoms with E-state index >= 15 is 0 Å². The summed E-state index contributed by atoms with van der Waals surface area (Å²) >= 11 is 5.76. The minimum atomic E-state index is -3.54. The maximum Gasteiger partial charge on any atom is 0.259 e. The second kappa shape index (κ2) is 6.25. The largest absolute Gasteiger partial charge is 0.492 e. The van der Waals surface area contributed by atoms with Gasteiger partial charge in [0.25, 0.3) is 10.0 Å². The molecule has 0 radical (unpaired) electrons. The normalized spacial score (nSPS) is 11.8. The molecule has 1 N–H and O–H groups in total. The highest BCUT2D eigenvalue weighted by Gasteiger charge is 2.21. The third kappa shape index (κ3) is 3.50. The molecule has 1 aromatic heterocycles. The molecule has 0 aliphatic heterocycles. The monoisotopic (exact) mass is 315 g/mol. The molecule has 0 aliphatic rings. The molecule has 1 aromatic carbocycles. The van der Waals surface area contributed by atoms with Crippen LogP contribution in [0.1, 0.15) is 0 Å². The number of rotatable bonds is 6. The molecule has 1 heterocycles. The van der Waals surface area contributed by atoms with Crippen molar-refractivity contribution in [1.29, 1.82) is 0 Å². The molecule has 0 aliphatic carbocycles. The van der Waals surface area contributed by atoms with Crippen LogP contribution in [0.2, 0.25) is 5.02 Å². The van der Waals surface area contributed by atoms with E-state index in [1.165, 1.54) is 23.6 Å². The summed E-state index contributed by atoms with van der Waals surface area (Å²) in [5, 5.41) is 6.75. The van der Waals surface area contributed by atoms with Gasteiger partial charge in [-0.3, -0.25) is 5.10 Å². The Morgan fingerprint density at radius 1 is 1.30 bits per heavy atom.